The Labute approximate surface area is 172 Å². The normalized spacial score (nSPS) is 11.6. The van der Waals surface area contributed by atoms with E-state index in [9.17, 15) is 18.0 Å². The lowest BCUT2D eigenvalue weighted by molar-refractivity contribution is -0.143. The minimum atomic E-state index is -4.58. The van der Waals surface area contributed by atoms with Crippen molar-refractivity contribution in [3.63, 3.8) is 0 Å². The number of hydrogen-bond acceptors (Lipinski definition) is 6. The first-order valence-corrected chi connectivity index (χ1v) is 8.88. The van der Waals surface area contributed by atoms with Crippen molar-refractivity contribution < 1.29 is 27.8 Å². The number of alkyl halides is 3. The van der Waals surface area contributed by atoms with E-state index in [1.165, 1.54) is 23.2 Å². The highest BCUT2D eigenvalue weighted by Crippen LogP contribution is 2.30. The quantitative estimate of drug-likeness (QED) is 0.511. The van der Waals surface area contributed by atoms with Crippen LogP contribution in [0.2, 0.25) is 0 Å². The van der Waals surface area contributed by atoms with Crippen LogP contribution in [0, 0.1) is 0 Å². The van der Waals surface area contributed by atoms with Crippen molar-refractivity contribution in [2.45, 2.75) is 12.8 Å². The summed E-state index contributed by atoms with van der Waals surface area (Å²) < 4.78 is 46.3. The molecule has 31 heavy (non-hydrogen) atoms. The third-order valence-corrected chi connectivity index (χ3v) is 4.37. The van der Waals surface area contributed by atoms with Crippen LogP contribution in [0.5, 0.6) is 11.6 Å². The topological polar surface area (TPSA) is 107 Å². The van der Waals surface area contributed by atoms with Gasteiger partial charge in [0.2, 0.25) is 5.88 Å². The molecule has 4 aromatic rings. The SMILES string of the molecule is Cn1nc(NC(=O)n2ccc3cc(Oc4cc(CO)ncn4)ccc32)cc1C(F)(F)F. The summed E-state index contributed by atoms with van der Waals surface area (Å²) in [5.41, 5.74) is -0.0660. The van der Waals surface area contributed by atoms with Crippen LogP contribution in [0.15, 0.2) is 48.9 Å². The molecule has 2 N–H and O–H groups in total. The lowest BCUT2D eigenvalue weighted by Gasteiger charge is -2.07. The van der Waals surface area contributed by atoms with Gasteiger partial charge in [-0.2, -0.15) is 18.3 Å². The van der Waals surface area contributed by atoms with Gasteiger partial charge in [0.15, 0.2) is 5.82 Å². The molecule has 0 atom stereocenters. The lowest BCUT2D eigenvalue weighted by atomic mass is 10.2. The molecule has 0 unspecified atom stereocenters. The van der Waals surface area contributed by atoms with Crippen molar-refractivity contribution in [3.8, 4) is 11.6 Å². The first kappa shape index (κ1) is 20.3. The largest absolute Gasteiger partial charge is 0.439 e. The molecule has 9 nitrogen and oxygen atoms in total. The molecule has 0 spiro atoms. The highest BCUT2D eigenvalue weighted by atomic mass is 19.4. The number of rotatable bonds is 4. The molecule has 3 heterocycles. The molecule has 160 valence electrons. The molecule has 0 saturated heterocycles. The number of carbonyl (C=O) groups is 1. The summed E-state index contributed by atoms with van der Waals surface area (Å²) in [4.78, 5) is 20.4. The zero-order chi connectivity index (χ0) is 22.2. The molecule has 0 radical (unpaired) electrons. The van der Waals surface area contributed by atoms with Gasteiger partial charge in [-0.1, -0.05) is 0 Å². The van der Waals surface area contributed by atoms with Crippen molar-refractivity contribution in [1.82, 2.24) is 24.3 Å². The van der Waals surface area contributed by atoms with Gasteiger partial charge in [0.25, 0.3) is 0 Å². The van der Waals surface area contributed by atoms with Crippen LogP contribution < -0.4 is 10.1 Å². The summed E-state index contributed by atoms with van der Waals surface area (Å²) in [6.45, 7) is -0.253. The molecule has 0 bridgehead atoms. The first-order valence-electron chi connectivity index (χ1n) is 8.88. The Morgan fingerprint density at radius 3 is 2.71 bits per heavy atom. The third-order valence-electron chi connectivity index (χ3n) is 4.37. The zero-order valence-electron chi connectivity index (χ0n) is 16.0. The van der Waals surface area contributed by atoms with Crippen LogP contribution >= 0.6 is 0 Å². The molecular weight excluding hydrogens is 417 g/mol. The lowest BCUT2D eigenvalue weighted by Crippen LogP contribution is -2.18. The molecule has 0 aliphatic rings. The Kier molecular flexibility index (Phi) is 5.07. The van der Waals surface area contributed by atoms with E-state index in [0.29, 0.717) is 27.0 Å². The number of hydrogen-bond donors (Lipinski definition) is 2. The number of benzene rings is 1. The Hall–Kier alpha value is -3.93. The van der Waals surface area contributed by atoms with Gasteiger partial charge >= 0.3 is 12.2 Å². The summed E-state index contributed by atoms with van der Waals surface area (Å²) in [6.07, 6.45) is -1.84. The fourth-order valence-electron chi connectivity index (χ4n) is 2.96. The van der Waals surface area contributed by atoms with Crippen molar-refractivity contribution in [1.29, 1.82) is 0 Å². The number of halogens is 3. The summed E-state index contributed by atoms with van der Waals surface area (Å²) in [7, 11) is 1.15. The number of amides is 1. The molecule has 0 aliphatic carbocycles. The predicted octanol–water partition coefficient (Wildman–Crippen LogP) is 3.55. The van der Waals surface area contributed by atoms with Crippen molar-refractivity contribution in [2.24, 2.45) is 7.05 Å². The van der Waals surface area contributed by atoms with E-state index >= 15 is 0 Å². The maximum absolute atomic E-state index is 12.9. The fourth-order valence-corrected chi connectivity index (χ4v) is 2.96. The fraction of sp³-hybridized carbons (Fsp3) is 0.158. The van der Waals surface area contributed by atoms with E-state index in [1.54, 1.807) is 24.3 Å². The molecule has 0 saturated carbocycles. The van der Waals surface area contributed by atoms with E-state index < -0.39 is 17.9 Å². The summed E-state index contributed by atoms with van der Waals surface area (Å²) >= 11 is 0. The van der Waals surface area contributed by atoms with Crippen LogP contribution in [0.1, 0.15) is 11.4 Å². The Balaban J connectivity index is 1.54. The average Bonchev–Trinajstić information content (AvgIpc) is 3.31. The van der Waals surface area contributed by atoms with Gasteiger partial charge < -0.3 is 9.84 Å². The monoisotopic (exact) mass is 432 g/mol. The van der Waals surface area contributed by atoms with Crippen LogP contribution in [-0.4, -0.2) is 35.5 Å². The number of nitrogens with one attached hydrogen (secondary N) is 1. The molecule has 1 amide bonds. The molecule has 3 aromatic heterocycles. The third kappa shape index (κ3) is 4.19. The van der Waals surface area contributed by atoms with Gasteiger partial charge in [-0.3, -0.25) is 14.6 Å². The van der Waals surface area contributed by atoms with Gasteiger partial charge in [-0.15, -0.1) is 0 Å². The number of aliphatic hydroxyl groups excluding tert-OH is 1. The number of ether oxygens (including phenoxy) is 1. The maximum Gasteiger partial charge on any atom is 0.433 e. The van der Waals surface area contributed by atoms with E-state index in [2.05, 4.69) is 20.4 Å². The van der Waals surface area contributed by atoms with Gasteiger partial charge in [0, 0.05) is 30.8 Å². The molecule has 0 fully saturated rings. The Morgan fingerprint density at radius 2 is 2.00 bits per heavy atom. The number of aliphatic hydroxyl groups is 1. The van der Waals surface area contributed by atoms with Crippen molar-refractivity contribution >= 4 is 22.8 Å². The number of nitrogens with zero attached hydrogens (tertiary/aromatic N) is 5. The summed E-state index contributed by atoms with van der Waals surface area (Å²) in [5, 5.41) is 15.8. The number of carbonyl (C=O) groups excluding carboxylic acids is 1. The number of aryl methyl sites for hydroxylation is 1. The van der Waals surface area contributed by atoms with Gasteiger partial charge in [-0.05, 0) is 24.3 Å². The van der Waals surface area contributed by atoms with Gasteiger partial charge in [0.05, 0.1) is 17.8 Å². The van der Waals surface area contributed by atoms with Crippen molar-refractivity contribution in [3.05, 3.63) is 60.3 Å². The Bertz CT molecular complexity index is 1260. The van der Waals surface area contributed by atoms with Crippen LogP contribution in [0.3, 0.4) is 0 Å². The standard InChI is InChI=1S/C19H15F3N6O3/c1-27-15(19(20,21)22)8-16(26-27)25-18(30)28-5-4-11-6-13(2-3-14(11)28)31-17-7-12(9-29)23-10-24-17/h2-8,10,29H,9H2,1H3,(H,25,26,30). The minimum Gasteiger partial charge on any atom is -0.439 e. The van der Waals surface area contributed by atoms with Crippen LogP contribution in [0.25, 0.3) is 10.9 Å². The highest BCUT2D eigenvalue weighted by Gasteiger charge is 2.35. The number of anilines is 1. The first-order chi connectivity index (χ1) is 14.7. The van der Waals surface area contributed by atoms with E-state index in [-0.39, 0.29) is 18.3 Å². The predicted molar refractivity (Wildman–Crippen MR) is 103 cm³/mol. The number of aromatic nitrogens is 5. The van der Waals surface area contributed by atoms with E-state index in [4.69, 9.17) is 9.84 Å². The van der Waals surface area contributed by atoms with E-state index in [0.717, 1.165) is 13.1 Å². The maximum atomic E-state index is 12.9. The van der Waals surface area contributed by atoms with Gasteiger partial charge in [0.1, 0.15) is 17.8 Å². The zero-order valence-corrected chi connectivity index (χ0v) is 16.0. The molecule has 12 heteroatoms. The summed E-state index contributed by atoms with van der Waals surface area (Å²) in [6, 6.07) is 8.14. The molecule has 1 aromatic carbocycles. The summed E-state index contributed by atoms with van der Waals surface area (Å²) in [5.74, 6) is 0.462. The second kappa shape index (κ2) is 7.72. The molecular formula is C19H15F3N6O3. The van der Waals surface area contributed by atoms with Crippen molar-refractivity contribution in [2.75, 3.05) is 5.32 Å². The molecule has 4 rings (SSSR count). The van der Waals surface area contributed by atoms with Gasteiger partial charge in [-0.25, -0.2) is 14.8 Å². The Morgan fingerprint density at radius 1 is 1.19 bits per heavy atom. The van der Waals surface area contributed by atoms with Crippen LogP contribution in [-0.2, 0) is 19.8 Å². The smallest absolute Gasteiger partial charge is 0.433 e. The average molecular weight is 432 g/mol. The second-order valence-electron chi connectivity index (χ2n) is 6.48. The minimum absolute atomic E-state index is 0.218. The molecule has 0 aliphatic heterocycles. The highest BCUT2D eigenvalue weighted by molar-refractivity contribution is 5.98. The van der Waals surface area contributed by atoms with E-state index in [1.807, 2.05) is 0 Å². The van der Waals surface area contributed by atoms with Crippen LogP contribution in [0.4, 0.5) is 23.8 Å². The number of fused-ring (bicyclic) bond motifs is 1. The second-order valence-corrected chi connectivity index (χ2v) is 6.48.